The molecule has 3 N–H and O–H groups in total. The molecule has 19 heavy (non-hydrogen) atoms. The highest BCUT2D eigenvalue weighted by molar-refractivity contribution is 5.88. The van der Waals surface area contributed by atoms with Gasteiger partial charge in [-0.25, -0.2) is 4.79 Å². The Morgan fingerprint density at radius 3 is 2.47 bits per heavy atom. The largest absolute Gasteiger partial charge is 0.480 e. The molecule has 0 aromatic carbocycles. The van der Waals surface area contributed by atoms with E-state index in [0.717, 1.165) is 0 Å². The fraction of sp³-hybridized carbons (Fsp3) is 0.857. The number of aliphatic carboxylic acids is 1. The van der Waals surface area contributed by atoms with E-state index >= 15 is 0 Å². The Kier molecular flexibility index (Phi) is 3.37. The molecule has 2 aliphatic rings. The summed E-state index contributed by atoms with van der Waals surface area (Å²) in [5, 5.41) is 9.39. The first-order chi connectivity index (χ1) is 8.67. The van der Waals surface area contributed by atoms with Crippen molar-refractivity contribution < 1.29 is 14.7 Å². The van der Waals surface area contributed by atoms with E-state index in [1.807, 2.05) is 13.8 Å². The van der Waals surface area contributed by atoms with Crippen molar-refractivity contribution in [1.29, 1.82) is 0 Å². The fourth-order valence-corrected chi connectivity index (χ4v) is 3.62. The maximum atomic E-state index is 12.3. The highest BCUT2D eigenvalue weighted by atomic mass is 16.4. The Morgan fingerprint density at radius 2 is 2.00 bits per heavy atom. The van der Waals surface area contributed by atoms with Crippen molar-refractivity contribution in [2.75, 3.05) is 6.54 Å². The SMILES string of the molecule is CC(C)C[C@H](N)C(=O)N1C[C@H]2[C@@H]([C@H]1C(=O)O)C2(C)C. The van der Waals surface area contributed by atoms with Crippen LogP contribution in [0.15, 0.2) is 0 Å². The van der Waals surface area contributed by atoms with E-state index in [1.54, 1.807) is 0 Å². The monoisotopic (exact) mass is 268 g/mol. The van der Waals surface area contributed by atoms with E-state index in [-0.39, 0.29) is 17.2 Å². The molecule has 0 spiro atoms. The summed E-state index contributed by atoms with van der Waals surface area (Å²) in [4.78, 5) is 25.3. The third-order valence-corrected chi connectivity index (χ3v) is 4.79. The molecule has 1 saturated heterocycles. The van der Waals surface area contributed by atoms with Crippen LogP contribution < -0.4 is 5.73 Å². The quantitative estimate of drug-likeness (QED) is 0.794. The highest BCUT2D eigenvalue weighted by Gasteiger charge is 2.69. The lowest BCUT2D eigenvalue weighted by molar-refractivity contribution is -0.150. The molecule has 1 amide bonds. The van der Waals surface area contributed by atoms with Gasteiger partial charge in [-0.1, -0.05) is 27.7 Å². The topological polar surface area (TPSA) is 83.6 Å². The molecule has 0 bridgehead atoms. The van der Waals surface area contributed by atoms with Crippen molar-refractivity contribution in [2.24, 2.45) is 28.9 Å². The number of nitrogens with zero attached hydrogens (tertiary/aromatic N) is 1. The molecule has 1 aliphatic carbocycles. The van der Waals surface area contributed by atoms with E-state index in [9.17, 15) is 14.7 Å². The normalized spacial score (nSPS) is 33.2. The van der Waals surface area contributed by atoms with Crippen LogP contribution in [-0.4, -0.2) is 40.5 Å². The molecule has 0 unspecified atom stereocenters. The van der Waals surface area contributed by atoms with Crippen LogP contribution in [0.4, 0.5) is 0 Å². The summed E-state index contributed by atoms with van der Waals surface area (Å²) in [7, 11) is 0. The smallest absolute Gasteiger partial charge is 0.326 e. The Balaban J connectivity index is 2.09. The van der Waals surface area contributed by atoms with Crippen LogP contribution in [0.25, 0.3) is 0 Å². The molecule has 2 fully saturated rings. The van der Waals surface area contributed by atoms with Crippen molar-refractivity contribution in [3.05, 3.63) is 0 Å². The molecule has 2 rings (SSSR count). The number of rotatable bonds is 4. The van der Waals surface area contributed by atoms with Crippen molar-refractivity contribution in [2.45, 2.75) is 46.2 Å². The molecule has 0 aromatic rings. The lowest BCUT2D eigenvalue weighted by Gasteiger charge is -2.30. The number of carbonyl (C=O) groups excluding carboxylic acids is 1. The number of carboxylic acid groups (broad SMARTS) is 1. The Labute approximate surface area is 114 Å². The summed E-state index contributed by atoms with van der Waals surface area (Å²) in [5.74, 6) is -0.382. The number of likely N-dealkylation sites (tertiary alicyclic amines) is 1. The van der Waals surface area contributed by atoms with Gasteiger partial charge in [0.15, 0.2) is 0 Å². The minimum atomic E-state index is -0.900. The number of piperidine rings is 1. The third-order valence-electron chi connectivity index (χ3n) is 4.79. The number of carbonyl (C=O) groups is 2. The lowest BCUT2D eigenvalue weighted by Crippen LogP contribution is -2.51. The van der Waals surface area contributed by atoms with Gasteiger partial charge in [-0.2, -0.15) is 0 Å². The van der Waals surface area contributed by atoms with Crippen molar-refractivity contribution in [3.63, 3.8) is 0 Å². The first-order valence-corrected chi connectivity index (χ1v) is 6.96. The van der Waals surface area contributed by atoms with Gasteiger partial charge in [0.2, 0.25) is 5.91 Å². The molecular formula is C14H24N2O3. The fourth-order valence-electron chi connectivity index (χ4n) is 3.62. The van der Waals surface area contributed by atoms with Crippen LogP contribution in [0.3, 0.4) is 0 Å². The average Bonchev–Trinajstić information content (AvgIpc) is 2.68. The zero-order valence-corrected chi connectivity index (χ0v) is 12.1. The molecule has 1 saturated carbocycles. The predicted molar refractivity (Wildman–Crippen MR) is 71.3 cm³/mol. The van der Waals surface area contributed by atoms with Gasteiger partial charge >= 0.3 is 5.97 Å². The zero-order valence-electron chi connectivity index (χ0n) is 12.1. The first-order valence-electron chi connectivity index (χ1n) is 6.96. The second kappa shape index (κ2) is 4.47. The maximum Gasteiger partial charge on any atom is 0.326 e. The first kappa shape index (κ1) is 14.3. The van der Waals surface area contributed by atoms with E-state index in [1.165, 1.54) is 4.90 Å². The van der Waals surface area contributed by atoms with Crippen LogP contribution in [0.1, 0.15) is 34.1 Å². The molecule has 5 nitrogen and oxygen atoms in total. The summed E-state index contributed by atoms with van der Waals surface area (Å²) in [6.07, 6.45) is 0.598. The Hall–Kier alpha value is -1.10. The zero-order chi connectivity index (χ0) is 14.5. The van der Waals surface area contributed by atoms with Gasteiger partial charge in [-0.3, -0.25) is 4.79 Å². The summed E-state index contributed by atoms with van der Waals surface area (Å²) < 4.78 is 0. The van der Waals surface area contributed by atoms with E-state index in [2.05, 4.69) is 13.8 Å². The van der Waals surface area contributed by atoms with Gasteiger partial charge in [0.25, 0.3) is 0 Å². The third kappa shape index (κ3) is 2.24. The van der Waals surface area contributed by atoms with Gasteiger partial charge in [0.1, 0.15) is 6.04 Å². The summed E-state index contributed by atoms with van der Waals surface area (Å²) in [6.45, 7) is 8.71. The van der Waals surface area contributed by atoms with E-state index in [0.29, 0.717) is 24.8 Å². The van der Waals surface area contributed by atoms with E-state index < -0.39 is 18.1 Å². The van der Waals surface area contributed by atoms with Crippen molar-refractivity contribution in [1.82, 2.24) is 4.90 Å². The number of carboxylic acids is 1. The molecule has 5 heteroatoms. The second-order valence-corrected chi connectivity index (χ2v) is 6.96. The van der Waals surface area contributed by atoms with Gasteiger partial charge < -0.3 is 15.7 Å². The predicted octanol–water partition coefficient (Wildman–Crippen LogP) is 0.927. The Morgan fingerprint density at radius 1 is 1.42 bits per heavy atom. The molecular weight excluding hydrogens is 244 g/mol. The van der Waals surface area contributed by atoms with Crippen molar-refractivity contribution in [3.8, 4) is 0 Å². The number of fused-ring (bicyclic) bond motifs is 1. The second-order valence-electron chi connectivity index (χ2n) is 6.96. The van der Waals surface area contributed by atoms with Gasteiger partial charge in [0, 0.05) is 12.5 Å². The molecule has 1 aliphatic heterocycles. The standard InChI is InChI=1S/C14H24N2O3/c1-7(2)5-9(15)12(17)16-6-8-10(14(8,3)4)11(16)13(18)19/h7-11H,5-6,15H2,1-4H3,(H,18,19)/t8-,9-,10-,11-/m0/s1. The summed E-state index contributed by atoms with van der Waals surface area (Å²) >= 11 is 0. The number of amides is 1. The van der Waals surface area contributed by atoms with Crippen LogP contribution in [0.2, 0.25) is 0 Å². The Bertz CT molecular complexity index is 405. The van der Waals surface area contributed by atoms with Crippen LogP contribution >= 0.6 is 0 Å². The number of hydrogen-bond acceptors (Lipinski definition) is 3. The van der Waals surface area contributed by atoms with Gasteiger partial charge in [-0.15, -0.1) is 0 Å². The highest BCUT2D eigenvalue weighted by Crippen LogP contribution is 2.64. The van der Waals surface area contributed by atoms with Crippen molar-refractivity contribution >= 4 is 11.9 Å². The van der Waals surface area contributed by atoms with Crippen LogP contribution in [-0.2, 0) is 9.59 Å². The number of nitrogens with two attached hydrogens (primary N) is 1. The minimum absolute atomic E-state index is 0.0436. The number of hydrogen-bond donors (Lipinski definition) is 2. The van der Waals surface area contributed by atoms with Gasteiger partial charge in [-0.05, 0) is 23.7 Å². The molecule has 0 radical (unpaired) electrons. The molecule has 1 heterocycles. The summed E-state index contributed by atoms with van der Waals surface area (Å²) in [6, 6.07) is -1.27. The minimum Gasteiger partial charge on any atom is -0.480 e. The summed E-state index contributed by atoms with van der Waals surface area (Å²) in [5.41, 5.74) is 5.95. The van der Waals surface area contributed by atoms with Crippen LogP contribution in [0.5, 0.6) is 0 Å². The van der Waals surface area contributed by atoms with Gasteiger partial charge in [0.05, 0.1) is 6.04 Å². The average molecular weight is 268 g/mol. The lowest BCUT2D eigenvalue weighted by atomic mass is 9.98. The van der Waals surface area contributed by atoms with E-state index in [4.69, 9.17) is 5.73 Å². The van der Waals surface area contributed by atoms with Crippen LogP contribution in [0, 0.1) is 23.2 Å². The molecule has 4 atom stereocenters. The molecule has 0 aromatic heterocycles. The molecule has 108 valence electrons. The maximum absolute atomic E-state index is 12.3.